The van der Waals surface area contributed by atoms with Crippen LogP contribution in [0.5, 0.6) is 0 Å². The first-order valence-corrected chi connectivity index (χ1v) is 16.2. The van der Waals surface area contributed by atoms with Gasteiger partial charge in [0.25, 0.3) is 0 Å². The van der Waals surface area contributed by atoms with Crippen molar-refractivity contribution in [1.82, 2.24) is 0 Å². The van der Waals surface area contributed by atoms with Crippen molar-refractivity contribution in [2.45, 2.75) is 144 Å². The van der Waals surface area contributed by atoms with Crippen LogP contribution in [-0.2, 0) is 9.78 Å². The lowest BCUT2D eigenvalue weighted by molar-refractivity contribution is -0.405. The van der Waals surface area contributed by atoms with Crippen LogP contribution in [-0.4, -0.2) is 11.2 Å². The van der Waals surface area contributed by atoms with E-state index in [1.165, 1.54) is 49.7 Å². The van der Waals surface area contributed by atoms with Crippen LogP contribution in [0.1, 0.15) is 132 Å². The Morgan fingerprint density at radius 3 is 1.05 bits per heavy atom. The van der Waals surface area contributed by atoms with Crippen molar-refractivity contribution >= 4 is 0 Å². The van der Waals surface area contributed by atoms with E-state index in [0.29, 0.717) is 23.7 Å². The quantitative estimate of drug-likeness (QED) is 0.221. The van der Waals surface area contributed by atoms with E-state index in [1.807, 2.05) is 0 Å². The summed E-state index contributed by atoms with van der Waals surface area (Å²) in [7, 11) is 0. The molecule has 0 N–H and O–H groups in total. The third-order valence-electron chi connectivity index (χ3n) is 11.5. The van der Waals surface area contributed by atoms with Gasteiger partial charge < -0.3 is 0 Å². The molecule has 0 aromatic heterocycles. The highest BCUT2D eigenvalue weighted by atomic mass is 17.2. The van der Waals surface area contributed by atoms with Gasteiger partial charge in [-0.2, -0.15) is 0 Å². The van der Waals surface area contributed by atoms with Gasteiger partial charge in [0.15, 0.2) is 0 Å². The van der Waals surface area contributed by atoms with Crippen LogP contribution >= 0.6 is 0 Å². The summed E-state index contributed by atoms with van der Waals surface area (Å²) in [4.78, 5) is 13.7. The van der Waals surface area contributed by atoms with E-state index >= 15 is 0 Å². The van der Waals surface area contributed by atoms with Crippen LogP contribution in [0.25, 0.3) is 0 Å². The van der Waals surface area contributed by atoms with E-state index in [-0.39, 0.29) is 22.0 Å². The van der Waals surface area contributed by atoms with E-state index < -0.39 is 0 Å². The molecule has 4 aliphatic carbocycles. The van der Waals surface area contributed by atoms with E-state index in [4.69, 9.17) is 9.78 Å². The lowest BCUT2D eigenvalue weighted by Gasteiger charge is -2.47. The van der Waals surface area contributed by atoms with Crippen LogP contribution in [0.2, 0.25) is 0 Å². The maximum atomic E-state index is 6.85. The third-order valence-corrected chi connectivity index (χ3v) is 11.5. The summed E-state index contributed by atoms with van der Waals surface area (Å²) in [5, 5.41) is 0. The summed E-state index contributed by atoms with van der Waals surface area (Å²) < 4.78 is 0. The third kappa shape index (κ3) is 5.43. The summed E-state index contributed by atoms with van der Waals surface area (Å²) in [5.74, 6) is 2.48. The first-order chi connectivity index (χ1) is 18.0. The van der Waals surface area contributed by atoms with Gasteiger partial charge in [0.1, 0.15) is 11.2 Å². The van der Waals surface area contributed by atoms with Gasteiger partial charge in [-0.05, 0) is 84.2 Å². The molecule has 2 heteroatoms. The molecule has 0 heterocycles. The maximum absolute atomic E-state index is 6.85. The molecule has 0 spiro atoms. The summed E-state index contributed by atoms with van der Waals surface area (Å²) >= 11 is 0. The summed E-state index contributed by atoms with van der Waals surface area (Å²) in [6.45, 7) is 19.0. The van der Waals surface area contributed by atoms with Crippen LogP contribution in [0.3, 0.4) is 0 Å². The fourth-order valence-electron chi connectivity index (χ4n) is 8.30. The first kappa shape index (κ1) is 29.9. The van der Waals surface area contributed by atoms with E-state index in [9.17, 15) is 0 Å². The Kier molecular flexibility index (Phi) is 9.25. The molecule has 0 aliphatic heterocycles. The molecule has 2 fully saturated rings. The molecule has 0 aromatic rings. The molecule has 0 atom stereocenters. The lowest BCUT2D eigenvalue weighted by atomic mass is 9.63. The summed E-state index contributed by atoms with van der Waals surface area (Å²) in [5.41, 5.74) is 2.60. The van der Waals surface area contributed by atoms with Gasteiger partial charge in [0, 0.05) is 0 Å². The smallest absolute Gasteiger partial charge is 0.128 e. The average molecular weight is 523 g/mol. The summed E-state index contributed by atoms with van der Waals surface area (Å²) in [6, 6.07) is 0. The van der Waals surface area contributed by atoms with E-state index in [0.717, 1.165) is 38.5 Å². The zero-order chi connectivity index (χ0) is 27.6. The van der Waals surface area contributed by atoms with Crippen molar-refractivity contribution in [3.63, 3.8) is 0 Å². The molecule has 0 aromatic carbocycles. The van der Waals surface area contributed by atoms with Crippen LogP contribution in [0.4, 0.5) is 0 Å². The second-order valence-corrected chi connectivity index (χ2v) is 14.5. The van der Waals surface area contributed by atoms with Gasteiger partial charge in [0.2, 0.25) is 0 Å². The topological polar surface area (TPSA) is 18.5 Å². The van der Waals surface area contributed by atoms with Gasteiger partial charge in [-0.25, -0.2) is 9.78 Å². The maximum Gasteiger partial charge on any atom is 0.128 e. The second-order valence-electron chi connectivity index (χ2n) is 14.5. The zero-order valence-electron chi connectivity index (χ0n) is 26.1. The predicted octanol–water partition coefficient (Wildman–Crippen LogP) is 10.7. The standard InChI is InChI=1S/C36H58O2/c1-27(2)33(28(3)4)23-15-31(16-24-33)35(19-11-9-12-20-35)37-38-36(21-13-10-14-22-36)32-17-25-34(26-18-32,29(5)6)30(7)8/h15-18,23,25,27-30H,9-14,19-22,24,26H2,1-8H3. The predicted molar refractivity (Wildman–Crippen MR) is 162 cm³/mol. The Balaban J connectivity index is 1.59. The molecule has 0 amide bonds. The Hall–Kier alpha value is -1.12. The monoisotopic (exact) mass is 522 g/mol. The van der Waals surface area contributed by atoms with E-state index in [2.05, 4.69) is 91.8 Å². The normalized spacial score (nSPS) is 26.2. The minimum Gasteiger partial charge on any atom is -0.224 e. The number of hydrogen-bond donors (Lipinski definition) is 0. The summed E-state index contributed by atoms with van der Waals surface area (Å²) in [6.07, 6.45) is 28.9. The molecule has 38 heavy (non-hydrogen) atoms. The van der Waals surface area contributed by atoms with Crippen molar-refractivity contribution in [2.24, 2.45) is 34.5 Å². The molecule has 0 unspecified atom stereocenters. The molecule has 214 valence electrons. The fraction of sp³-hybridized carbons (Fsp3) is 0.778. The molecule has 2 nitrogen and oxygen atoms in total. The molecular formula is C36H58O2. The number of rotatable bonds is 9. The SMILES string of the molecule is CC(C)C1(C(C)C)C=CC(C2(OOC3(C4=CCC(C(C)C)(C(C)C)C=C4)CCCCC3)CCCCC2)=CC1. The first-order valence-electron chi connectivity index (χ1n) is 16.2. The van der Waals surface area contributed by atoms with Gasteiger partial charge in [-0.15, -0.1) is 0 Å². The molecule has 0 radical (unpaired) electrons. The second kappa shape index (κ2) is 11.8. The van der Waals surface area contributed by atoms with Crippen molar-refractivity contribution in [3.05, 3.63) is 47.6 Å². The van der Waals surface area contributed by atoms with Crippen LogP contribution in [0, 0.1) is 34.5 Å². The van der Waals surface area contributed by atoms with Crippen molar-refractivity contribution < 1.29 is 9.78 Å². The Bertz CT molecular complexity index is 821. The number of hydrogen-bond acceptors (Lipinski definition) is 2. The van der Waals surface area contributed by atoms with Crippen molar-refractivity contribution in [3.8, 4) is 0 Å². The van der Waals surface area contributed by atoms with Gasteiger partial charge >= 0.3 is 0 Å². The minimum absolute atomic E-state index is 0.238. The molecule has 2 saturated carbocycles. The van der Waals surface area contributed by atoms with Crippen LogP contribution in [0.15, 0.2) is 47.6 Å². The highest BCUT2D eigenvalue weighted by molar-refractivity contribution is 5.37. The van der Waals surface area contributed by atoms with Crippen molar-refractivity contribution in [2.75, 3.05) is 0 Å². The highest BCUT2D eigenvalue weighted by Gasteiger charge is 2.46. The molecule has 0 saturated heterocycles. The van der Waals surface area contributed by atoms with Crippen molar-refractivity contribution in [1.29, 1.82) is 0 Å². The van der Waals surface area contributed by atoms with Gasteiger partial charge in [-0.1, -0.05) is 130 Å². The lowest BCUT2D eigenvalue weighted by Crippen LogP contribution is -2.45. The fourth-order valence-corrected chi connectivity index (χ4v) is 8.30. The number of allylic oxidation sites excluding steroid dienone is 4. The largest absolute Gasteiger partial charge is 0.224 e. The Morgan fingerprint density at radius 1 is 0.500 bits per heavy atom. The highest BCUT2D eigenvalue weighted by Crippen LogP contribution is 2.51. The molecular weight excluding hydrogens is 464 g/mol. The zero-order valence-corrected chi connectivity index (χ0v) is 26.1. The minimum atomic E-state index is -0.308. The molecule has 0 bridgehead atoms. The Morgan fingerprint density at radius 2 is 0.816 bits per heavy atom. The molecule has 4 aliphatic rings. The van der Waals surface area contributed by atoms with Gasteiger partial charge in [0.05, 0.1) is 0 Å². The Labute approximate surface area is 235 Å². The van der Waals surface area contributed by atoms with E-state index in [1.54, 1.807) is 0 Å². The van der Waals surface area contributed by atoms with Crippen LogP contribution < -0.4 is 0 Å². The van der Waals surface area contributed by atoms with Gasteiger partial charge in [-0.3, -0.25) is 0 Å². The average Bonchev–Trinajstić information content (AvgIpc) is 2.92. The molecule has 4 rings (SSSR count).